The summed E-state index contributed by atoms with van der Waals surface area (Å²) in [6, 6.07) is 8.98. The van der Waals surface area contributed by atoms with E-state index in [-0.39, 0.29) is 23.7 Å². The first kappa shape index (κ1) is 19.9. The molecular formula is C21H27N3O4. The van der Waals surface area contributed by atoms with Crippen molar-refractivity contribution in [2.75, 3.05) is 37.5 Å². The molecule has 2 aromatic rings. The molecular weight excluding hydrogens is 358 g/mol. The predicted molar refractivity (Wildman–Crippen MR) is 107 cm³/mol. The van der Waals surface area contributed by atoms with Crippen molar-refractivity contribution < 1.29 is 18.7 Å². The molecule has 0 aliphatic carbocycles. The molecule has 3 rings (SSSR count). The number of furan rings is 1. The van der Waals surface area contributed by atoms with Gasteiger partial charge in [-0.2, -0.15) is 0 Å². The van der Waals surface area contributed by atoms with Gasteiger partial charge in [0.2, 0.25) is 5.91 Å². The van der Waals surface area contributed by atoms with E-state index in [1.54, 1.807) is 24.0 Å². The maximum Gasteiger partial charge on any atom is 0.291 e. The van der Waals surface area contributed by atoms with Crippen molar-refractivity contribution in [1.82, 2.24) is 4.90 Å². The van der Waals surface area contributed by atoms with Crippen molar-refractivity contribution in [2.24, 2.45) is 0 Å². The van der Waals surface area contributed by atoms with Crippen LogP contribution < -0.4 is 10.2 Å². The van der Waals surface area contributed by atoms with E-state index in [1.807, 2.05) is 37.2 Å². The van der Waals surface area contributed by atoms with Gasteiger partial charge in [0, 0.05) is 52.1 Å². The van der Waals surface area contributed by atoms with Crippen LogP contribution in [0.4, 0.5) is 11.4 Å². The summed E-state index contributed by atoms with van der Waals surface area (Å²) in [5.41, 5.74) is 2.60. The van der Waals surface area contributed by atoms with Gasteiger partial charge in [0.1, 0.15) is 0 Å². The van der Waals surface area contributed by atoms with Crippen LogP contribution >= 0.6 is 0 Å². The lowest BCUT2D eigenvalue weighted by Crippen LogP contribution is -2.35. The predicted octanol–water partition coefficient (Wildman–Crippen LogP) is 3.13. The molecule has 1 aliphatic rings. The first-order chi connectivity index (χ1) is 13.4. The van der Waals surface area contributed by atoms with Crippen LogP contribution in [0.5, 0.6) is 0 Å². The van der Waals surface area contributed by atoms with E-state index in [9.17, 15) is 9.59 Å². The fourth-order valence-corrected chi connectivity index (χ4v) is 3.37. The number of hydrogen-bond donors (Lipinski definition) is 1. The van der Waals surface area contributed by atoms with Gasteiger partial charge >= 0.3 is 0 Å². The topological polar surface area (TPSA) is 75.0 Å². The van der Waals surface area contributed by atoms with Crippen LogP contribution in [-0.2, 0) is 16.1 Å². The first-order valence-corrected chi connectivity index (χ1v) is 9.46. The van der Waals surface area contributed by atoms with Crippen LogP contribution in [0.3, 0.4) is 0 Å². The number of carbonyl (C=O) groups excluding carboxylic acids is 2. The van der Waals surface area contributed by atoms with E-state index in [2.05, 4.69) is 5.32 Å². The van der Waals surface area contributed by atoms with E-state index in [4.69, 9.17) is 9.15 Å². The van der Waals surface area contributed by atoms with E-state index in [1.165, 1.54) is 6.26 Å². The van der Waals surface area contributed by atoms with Gasteiger partial charge in [-0.05, 0) is 48.7 Å². The minimum absolute atomic E-state index is 0.00484. The summed E-state index contributed by atoms with van der Waals surface area (Å²) in [5.74, 6) is -0.0523. The van der Waals surface area contributed by atoms with Crippen molar-refractivity contribution in [3.63, 3.8) is 0 Å². The second kappa shape index (κ2) is 8.93. The Labute approximate surface area is 165 Å². The summed E-state index contributed by atoms with van der Waals surface area (Å²) < 4.78 is 10.8. The molecule has 1 fully saturated rings. The standard InChI is InChI=1S/C21H27N3O4/c1-15(25)24(14-18-6-4-10-27-18)13-16-12-17(8-9-19(16)23(2)3)22-21(26)20-7-5-11-28-20/h5,7-9,11-12,18H,4,6,10,13-14H2,1-3H3,(H,22,26)/t18-/m0/s1. The molecule has 28 heavy (non-hydrogen) atoms. The smallest absolute Gasteiger partial charge is 0.291 e. The largest absolute Gasteiger partial charge is 0.459 e. The second-order valence-electron chi connectivity index (χ2n) is 7.20. The molecule has 0 unspecified atom stereocenters. The van der Waals surface area contributed by atoms with Crippen molar-refractivity contribution in [3.05, 3.63) is 47.9 Å². The Hall–Kier alpha value is -2.80. The zero-order valence-corrected chi connectivity index (χ0v) is 16.6. The van der Waals surface area contributed by atoms with Crippen LogP contribution in [0.15, 0.2) is 41.0 Å². The molecule has 2 amide bonds. The minimum atomic E-state index is -0.309. The lowest BCUT2D eigenvalue weighted by atomic mass is 10.1. The third-order valence-corrected chi connectivity index (χ3v) is 4.82. The maximum atomic E-state index is 12.3. The van der Waals surface area contributed by atoms with E-state index >= 15 is 0 Å². The number of hydrogen-bond acceptors (Lipinski definition) is 5. The first-order valence-electron chi connectivity index (χ1n) is 9.46. The van der Waals surface area contributed by atoms with Gasteiger partial charge in [-0.1, -0.05) is 0 Å². The Kier molecular flexibility index (Phi) is 6.36. The molecule has 1 N–H and O–H groups in total. The summed E-state index contributed by atoms with van der Waals surface area (Å²) in [5, 5.41) is 2.85. The maximum absolute atomic E-state index is 12.3. The molecule has 1 saturated heterocycles. The van der Waals surface area contributed by atoms with Gasteiger partial charge in [-0.25, -0.2) is 0 Å². The van der Waals surface area contributed by atoms with Gasteiger partial charge < -0.3 is 24.3 Å². The summed E-state index contributed by atoms with van der Waals surface area (Å²) >= 11 is 0. The fourth-order valence-electron chi connectivity index (χ4n) is 3.37. The molecule has 1 atom stereocenters. The third kappa shape index (κ3) is 4.92. The molecule has 7 heteroatoms. The molecule has 0 radical (unpaired) electrons. The zero-order chi connectivity index (χ0) is 20.1. The van der Waals surface area contributed by atoms with E-state index in [0.717, 1.165) is 30.7 Å². The van der Waals surface area contributed by atoms with E-state index < -0.39 is 0 Å². The zero-order valence-electron chi connectivity index (χ0n) is 16.6. The van der Waals surface area contributed by atoms with Gasteiger partial charge in [-0.15, -0.1) is 0 Å². The summed E-state index contributed by atoms with van der Waals surface area (Å²) in [6.07, 6.45) is 3.57. The van der Waals surface area contributed by atoms with Crippen LogP contribution in [0.25, 0.3) is 0 Å². The summed E-state index contributed by atoms with van der Waals surface area (Å²) in [7, 11) is 3.91. The Morgan fingerprint density at radius 1 is 1.25 bits per heavy atom. The van der Waals surface area contributed by atoms with Crippen molar-refractivity contribution in [2.45, 2.75) is 32.4 Å². The minimum Gasteiger partial charge on any atom is -0.459 e. The van der Waals surface area contributed by atoms with Crippen molar-refractivity contribution in [3.8, 4) is 0 Å². The lowest BCUT2D eigenvalue weighted by molar-refractivity contribution is -0.131. The highest BCUT2D eigenvalue weighted by Gasteiger charge is 2.22. The molecule has 7 nitrogen and oxygen atoms in total. The van der Waals surface area contributed by atoms with Gasteiger partial charge in [-0.3, -0.25) is 9.59 Å². The van der Waals surface area contributed by atoms with Gasteiger partial charge in [0.15, 0.2) is 5.76 Å². The van der Waals surface area contributed by atoms with Crippen molar-refractivity contribution >= 4 is 23.2 Å². The normalized spacial score (nSPS) is 16.0. The summed E-state index contributed by atoms with van der Waals surface area (Å²) in [6.45, 7) is 3.36. The molecule has 150 valence electrons. The fraction of sp³-hybridized carbons (Fsp3) is 0.429. The molecule has 1 aromatic carbocycles. The molecule has 1 aromatic heterocycles. The second-order valence-corrected chi connectivity index (χ2v) is 7.20. The highest BCUT2D eigenvalue weighted by molar-refractivity contribution is 6.02. The molecule has 0 saturated carbocycles. The molecule has 0 spiro atoms. The van der Waals surface area contributed by atoms with Crippen LogP contribution in [0.1, 0.15) is 35.9 Å². The van der Waals surface area contributed by atoms with Crippen LogP contribution in [-0.4, -0.2) is 50.1 Å². The Bertz CT molecular complexity index is 811. The number of nitrogens with one attached hydrogen (secondary N) is 1. The quantitative estimate of drug-likeness (QED) is 0.793. The van der Waals surface area contributed by atoms with Gasteiger partial charge in [0.25, 0.3) is 5.91 Å². The number of amides is 2. The Morgan fingerprint density at radius 2 is 2.07 bits per heavy atom. The molecule has 0 bridgehead atoms. The number of carbonyl (C=O) groups is 2. The monoisotopic (exact) mass is 385 g/mol. The number of rotatable bonds is 7. The SMILES string of the molecule is CC(=O)N(Cc1cc(NC(=O)c2ccco2)ccc1N(C)C)C[C@@H]1CCCO1. The number of ether oxygens (including phenoxy) is 1. The average molecular weight is 385 g/mol. The van der Waals surface area contributed by atoms with Crippen molar-refractivity contribution in [1.29, 1.82) is 0 Å². The van der Waals surface area contributed by atoms with Crippen LogP contribution in [0, 0.1) is 0 Å². The third-order valence-electron chi connectivity index (χ3n) is 4.82. The Balaban J connectivity index is 1.79. The number of anilines is 2. The summed E-state index contributed by atoms with van der Waals surface area (Å²) in [4.78, 5) is 28.3. The van der Waals surface area contributed by atoms with Gasteiger partial charge in [0.05, 0.1) is 12.4 Å². The molecule has 2 heterocycles. The molecule has 1 aliphatic heterocycles. The Morgan fingerprint density at radius 3 is 2.68 bits per heavy atom. The highest BCUT2D eigenvalue weighted by atomic mass is 16.5. The average Bonchev–Trinajstić information content (AvgIpc) is 3.35. The highest BCUT2D eigenvalue weighted by Crippen LogP contribution is 2.26. The lowest BCUT2D eigenvalue weighted by Gasteiger charge is -2.27. The number of nitrogens with zero attached hydrogens (tertiary/aromatic N) is 2. The van der Waals surface area contributed by atoms with Crippen LogP contribution in [0.2, 0.25) is 0 Å². The van der Waals surface area contributed by atoms with E-state index in [0.29, 0.717) is 18.8 Å². The number of benzene rings is 1.